The van der Waals surface area contributed by atoms with E-state index in [9.17, 15) is 9.90 Å². The van der Waals surface area contributed by atoms with Crippen molar-refractivity contribution in [3.8, 4) is 34.5 Å². The second-order valence-corrected chi connectivity index (χ2v) is 15.2. The summed E-state index contributed by atoms with van der Waals surface area (Å²) in [5, 5.41) is 13.5. The molecule has 5 aromatic carbocycles. The Balaban J connectivity index is 1.13. The van der Waals surface area contributed by atoms with E-state index in [0.717, 1.165) is 71.7 Å². The number of amides is 1. The third kappa shape index (κ3) is 8.12. The van der Waals surface area contributed by atoms with Crippen LogP contribution in [0.5, 0.6) is 34.5 Å². The van der Waals surface area contributed by atoms with Crippen LogP contribution in [-0.4, -0.2) is 68.3 Å². The molecule has 56 heavy (non-hydrogen) atoms. The summed E-state index contributed by atoms with van der Waals surface area (Å²) in [6.07, 6.45) is 4.34. The van der Waals surface area contributed by atoms with Crippen LogP contribution in [0.25, 0.3) is 0 Å². The molecule has 0 saturated heterocycles. The first-order valence-electron chi connectivity index (χ1n) is 19.7. The van der Waals surface area contributed by atoms with Gasteiger partial charge in [0, 0.05) is 42.8 Å². The average Bonchev–Trinajstić information content (AvgIpc) is 3.21. The maximum Gasteiger partial charge on any atom is 0.224 e. The number of hydrogen-bond acceptors (Lipinski definition) is 8. The third-order valence-electron chi connectivity index (χ3n) is 11.5. The van der Waals surface area contributed by atoms with Gasteiger partial charge in [0.25, 0.3) is 0 Å². The van der Waals surface area contributed by atoms with Gasteiger partial charge in [-0.05, 0) is 122 Å². The van der Waals surface area contributed by atoms with Crippen LogP contribution in [0.4, 0.5) is 0 Å². The first-order valence-corrected chi connectivity index (χ1v) is 19.7. The number of nitrogens with zero attached hydrogens (tertiary/aromatic N) is 2. The molecule has 4 heterocycles. The Labute approximate surface area is 329 Å². The Hall–Kier alpha value is -5.35. The molecular formula is C47H51N3O6. The van der Waals surface area contributed by atoms with E-state index >= 15 is 0 Å². The number of methoxy groups -OCH3 is 1. The first kappa shape index (κ1) is 37.6. The van der Waals surface area contributed by atoms with Crippen molar-refractivity contribution in [1.82, 2.24) is 15.1 Å². The fourth-order valence-electron chi connectivity index (χ4n) is 8.43. The van der Waals surface area contributed by atoms with Crippen LogP contribution in [0.2, 0.25) is 0 Å². The predicted octanol–water partition coefficient (Wildman–Crippen LogP) is 7.76. The molecule has 5 aromatic rings. The zero-order valence-electron chi connectivity index (χ0n) is 32.6. The summed E-state index contributed by atoms with van der Waals surface area (Å²) >= 11 is 0. The highest BCUT2D eigenvalue weighted by molar-refractivity contribution is 5.78. The molecule has 4 aliphatic rings. The SMILES string of the molecule is COc1c(CO)cc2c3c1Oc1ccc4c(c1)C(Cc1ccc(cc1)Oc1cc(ccc1OCCCNC(=O)Cc1ccccc1)CC3N(C)CC2)N(C)CC4. The molecule has 0 aromatic heterocycles. The van der Waals surface area contributed by atoms with Crippen LogP contribution in [-0.2, 0) is 43.5 Å². The number of nitrogens with one attached hydrogen (secondary N) is 1. The van der Waals surface area contributed by atoms with Gasteiger partial charge in [-0.1, -0.05) is 54.6 Å². The second-order valence-electron chi connectivity index (χ2n) is 15.2. The van der Waals surface area contributed by atoms with E-state index in [-0.39, 0.29) is 24.6 Å². The summed E-state index contributed by atoms with van der Waals surface area (Å²) in [5.74, 6) is 4.01. The lowest BCUT2D eigenvalue weighted by atomic mass is 9.86. The van der Waals surface area contributed by atoms with E-state index in [1.807, 2.05) is 48.5 Å². The van der Waals surface area contributed by atoms with Gasteiger partial charge in [0.05, 0.1) is 26.7 Å². The lowest BCUT2D eigenvalue weighted by molar-refractivity contribution is -0.120. The summed E-state index contributed by atoms with van der Waals surface area (Å²) in [4.78, 5) is 17.3. The third-order valence-corrected chi connectivity index (χ3v) is 11.5. The van der Waals surface area contributed by atoms with Crippen molar-refractivity contribution in [2.75, 3.05) is 47.4 Å². The minimum Gasteiger partial charge on any atom is -0.492 e. The van der Waals surface area contributed by atoms with Crippen molar-refractivity contribution >= 4 is 5.91 Å². The Morgan fingerprint density at radius 1 is 0.821 bits per heavy atom. The molecule has 2 N–H and O–H groups in total. The Morgan fingerprint density at radius 3 is 2.34 bits per heavy atom. The average molecular weight is 754 g/mol. The lowest BCUT2D eigenvalue weighted by Gasteiger charge is -2.37. The molecule has 9 heteroatoms. The van der Waals surface area contributed by atoms with Gasteiger partial charge in [0.2, 0.25) is 5.91 Å². The number of fused-ring (bicyclic) bond motifs is 2. The van der Waals surface area contributed by atoms with Crippen molar-refractivity contribution < 1.29 is 28.8 Å². The van der Waals surface area contributed by atoms with Gasteiger partial charge in [-0.2, -0.15) is 0 Å². The van der Waals surface area contributed by atoms with E-state index in [4.69, 9.17) is 18.9 Å². The Bertz CT molecular complexity index is 2170. The van der Waals surface area contributed by atoms with Crippen molar-refractivity contribution in [3.05, 3.63) is 142 Å². The predicted molar refractivity (Wildman–Crippen MR) is 217 cm³/mol. The van der Waals surface area contributed by atoms with Crippen molar-refractivity contribution in [3.63, 3.8) is 0 Å². The van der Waals surface area contributed by atoms with Crippen LogP contribution in [0, 0.1) is 0 Å². The van der Waals surface area contributed by atoms with E-state index in [2.05, 4.69) is 77.7 Å². The summed E-state index contributed by atoms with van der Waals surface area (Å²) in [6.45, 7) is 2.63. The Kier molecular flexibility index (Phi) is 11.3. The monoisotopic (exact) mass is 753 g/mol. The first-order chi connectivity index (χ1) is 27.4. The van der Waals surface area contributed by atoms with Crippen LogP contribution < -0.4 is 24.3 Å². The highest BCUT2D eigenvalue weighted by atomic mass is 16.5. The van der Waals surface area contributed by atoms with Crippen molar-refractivity contribution in [1.29, 1.82) is 0 Å². The molecule has 9 rings (SSSR count). The second kappa shape index (κ2) is 16.8. The molecule has 290 valence electrons. The Morgan fingerprint density at radius 2 is 1.55 bits per heavy atom. The highest BCUT2D eigenvalue weighted by Gasteiger charge is 2.33. The van der Waals surface area contributed by atoms with E-state index < -0.39 is 0 Å². The van der Waals surface area contributed by atoms with Gasteiger partial charge in [0.15, 0.2) is 23.0 Å². The highest BCUT2D eigenvalue weighted by Crippen LogP contribution is 2.48. The van der Waals surface area contributed by atoms with Crippen molar-refractivity contribution in [2.45, 2.75) is 57.2 Å². The minimum absolute atomic E-state index is 0.00396. The number of likely N-dealkylation sites (N-methyl/N-ethyl adjacent to an activating group) is 2. The summed E-state index contributed by atoms with van der Waals surface area (Å²) < 4.78 is 26.0. The zero-order valence-corrected chi connectivity index (χ0v) is 32.6. The number of rotatable bonds is 9. The number of ether oxygens (including phenoxy) is 4. The van der Waals surface area contributed by atoms with Gasteiger partial charge in [-0.15, -0.1) is 0 Å². The molecule has 1 amide bonds. The summed E-state index contributed by atoms with van der Waals surface area (Å²) in [7, 11) is 6.00. The number of aliphatic hydroxyl groups is 1. The minimum atomic E-state index is -0.148. The van der Waals surface area contributed by atoms with Crippen LogP contribution in [0.15, 0.2) is 97.1 Å². The topological polar surface area (TPSA) is 92.7 Å². The van der Waals surface area contributed by atoms with E-state index in [1.165, 1.54) is 16.7 Å². The lowest BCUT2D eigenvalue weighted by Crippen LogP contribution is -2.34. The van der Waals surface area contributed by atoms with Gasteiger partial charge < -0.3 is 29.4 Å². The normalized spacial score (nSPS) is 17.8. The van der Waals surface area contributed by atoms with Crippen LogP contribution in [0.1, 0.15) is 63.0 Å². The molecule has 0 saturated carbocycles. The van der Waals surface area contributed by atoms with Crippen molar-refractivity contribution in [2.24, 2.45) is 0 Å². The number of carbonyl (C=O) groups is 1. The molecule has 2 atom stereocenters. The molecular weight excluding hydrogens is 703 g/mol. The largest absolute Gasteiger partial charge is 0.492 e. The molecule has 0 fully saturated rings. The fourth-order valence-corrected chi connectivity index (χ4v) is 8.43. The zero-order chi connectivity index (χ0) is 38.6. The molecule has 6 bridgehead atoms. The molecule has 4 aliphatic heterocycles. The number of hydrogen-bond donors (Lipinski definition) is 2. The maximum atomic E-state index is 12.5. The van der Waals surface area contributed by atoms with Crippen LogP contribution >= 0.6 is 0 Å². The summed E-state index contributed by atoms with van der Waals surface area (Å²) in [5.41, 5.74) is 8.85. The molecule has 0 aliphatic carbocycles. The van der Waals surface area contributed by atoms with Gasteiger partial charge in [0.1, 0.15) is 11.5 Å². The van der Waals surface area contributed by atoms with Crippen LogP contribution in [0.3, 0.4) is 0 Å². The number of carbonyl (C=O) groups excluding carboxylic acids is 1. The summed E-state index contributed by atoms with van der Waals surface area (Å²) in [6, 6.07) is 33.1. The maximum absolute atomic E-state index is 12.5. The quantitative estimate of drug-likeness (QED) is 0.148. The molecule has 0 spiro atoms. The number of benzene rings is 5. The molecule has 9 nitrogen and oxygen atoms in total. The van der Waals surface area contributed by atoms with E-state index in [0.29, 0.717) is 55.4 Å². The standard InChI is InChI=1S/C47H51N3O6/c1-49-21-18-34-13-16-38-29-39(34)40(49)24-32-10-14-37(15-11-32)55-43-26-33(12-17-42(43)54-23-7-20-48-44(52)27-31-8-5-4-6-9-31)25-41-45-35(19-22-50(41)2)28-36(30-51)46(53-3)47(45)56-38/h4-6,8-17,26,28-29,40-41,51H,7,18-25,27,30H2,1-3H3,(H,48,52). The number of aliphatic hydroxyl groups excluding tert-OH is 1. The molecule has 0 radical (unpaired) electrons. The van der Waals surface area contributed by atoms with Gasteiger partial charge >= 0.3 is 0 Å². The van der Waals surface area contributed by atoms with Gasteiger partial charge in [-0.3, -0.25) is 14.6 Å². The smallest absolute Gasteiger partial charge is 0.224 e. The van der Waals surface area contributed by atoms with Gasteiger partial charge in [-0.25, -0.2) is 0 Å². The fraction of sp³-hybridized carbons (Fsp3) is 0.340. The van der Waals surface area contributed by atoms with E-state index in [1.54, 1.807) is 7.11 Å². The molecule has 2 unspecified atom stereocenters.